The van der Waals surface area contributed by atoms with Crippen LogP contribution in [0.5, 0.6) is 5.88 Å². The van der Waals surface area contributed by atoms with E-state index in [4.69, 9.17) is 16.3 Å². The summed E-state index contributed by atoms with van der Waals surface area (Å²) in [6.07, 6.45) is 1.50. The van der Waals surface area contributed by atoms with Crippen molar-refractivity contribution in [3.63, 3.8) is 0 Å². The van der Waals surface area contributed by atoms with Gasteiger partial charge >= 0.3 is 0 Å². The highest BCUT2D eigenvalue weighted by molar-refractivity contribution is 7.92. The number of sulfonamides is 1. The Bertz CT molecular complexity index is 1120. The van der Waals surface area contributed by atoms with Crippen LogP contribution in [0.15, 0.2) is 71.8 Å². The van der Waals surface area contributed by atoms with Crippen LogP contribution in [0.4, 0.5) is 11.4 Å². The zero-order chi connectivity index (χ0) is 20.1. The SMILES string of the molecule is COc1ncccc1C(=O)Nc1cccc(S(=O)(=O)Nc2ccccc2Cl)c1. The van der Waals surface area contributed by atoms with Crippen LogP contribution in [-0.4, -0.2) is 26.4 Å². The molecule has 0 atom stereocenters. The van der Waals surface area contributed by atoms with E-state index in [-0.39, 0.29) is 27.0 Å². The van der Waals surface area contributed by atoms with Crippen molar-refractivity contribution in [2.24, 2.45) is 0 Å². The molecule has 0 saturated heterocycles. The highest BCUT2D eigenvalue weighted by Gasteiger charge is 2.18. The van der Waals surface area contributed by atoms with Crippen molar-refractivity contribution in [2.45, 2.75) is 4.90 Å². The molecule has 0 saturated carbocycles. The quantitative estimate of drug-likeness (QED) is 0.635. The molecule has 7 nitrogen and oxygen atoms in total. The topological polar surface area (TPSA) is 97.4 Å². The van der Waals surface area contributed by atoms with Crippen molar-refractivity contribution in [1.29, 1.82) is 0 Å². The summed E-state index contributed by atoms with van der Waals surface area (Å²) in [5.41, 5.74) is 0.795. The molecule has 0 radical (unpaired) electrons. The maximum atomic E-state index is 12.6. The number of nitrogens with one attached hydrogen (secondary N) is 2. The van der Waals surface area contributed by atoms with Crippen LogP contribution in [0.3, 0.4) is 0 Å². The van der Waals surface area contributed by atoms with E-state index >= 15 is 0 Å². The number of methoxy groups -OCH3 is 1. The lowest BCUT2D eigenvalue weighted by Crippen LogP contribution is -2.16. The van der Waals surface area contributed by atoms with E-state index in [2.05, 4.69) is 15.0 Å². The molecule has 28 heavy (non-hydrogen) atoms. The number of hydrogen-bond acceptors (Lipinski definition) is 5. The molecular formula is C19H16ClN3O4S. The lowest BCUT2D eigenvalue weighted by atomic mass is 10.2. The fourth-order valence-corrected chi connectivity index (χ4v) is 3.78. The molecule has 1 aromatic heterocycles. The molecule has 3 rings (SSSR count). The van der Waals surface area contributed by atoms with Gasteiger partial charge in [0.1, 0.15) is 5.56 Å². The van der Waals surface area contributed by atoms with Gasteiger partial charge in [-0.15, -0.1) is 0 Å². The number of para-hydroxylation sites is 1. The molecule has 0 aliphatic heterocycles. The van der Waals surface area contributed by atoms with Crippen LogP contribution in [-0.2, 0) is 10.0 Å². The number of carbonyl (C=O) groups excluding carboxylic acids is 1. The lowest BCUT2D eigenvalue weighted by molar-refractivity contribution is 0.102. The number of carbonyl (C=O) groups is 1. The average Bonchev–Trinajstić information content (AvgIpc) is 2.70. The van der Waals surface area contributed by atoms with Crippen molar-refractivity contribution in [1.82, 2.24) is 4.98 Å². The second-order valence-corrected chi connectivity index (χ2v) is 7.72. The van der Waals surface area contributed by atoms with Crippen molar-refractivity contribution in [3.05, 3.63) is 77.4 Å². The third-order valence-corrected chi connectivity index (χ3v) is 5.42. The van der Waals surface area contributed by atoms with Crippen LogP contribution in [0.1, 0.15) is 10.4 Å². The van der Waals surface area contributed by atoms with E-state index < -0.39 is 15.9 Å². The highest BCUT2D eigenvalue weighted by Crippen LogP contribution is 2.25. The van der Waals surface area contributed by atoms with E-state index in [0.717, 1.165) is 0 Å². The Morgan fingerprint density at radius 2 is 1.86 bits per heavy atom. The lowest BCUT2D eigenvalue weighted by Gasteiger charge is -2.12. The molecule has 0 fully saturated rings. The molecule has 9 heteroatoms. The maximum Gasteiger partial charge on any atom is 0.262 e. The van der Waals surface area contributed by atoms with Crippen LogP contribution < -0.4 is 14.8 Å². The summed E-state index contributed by atoms with van der Waals surface area (Å²) in [4.78, 5) is 16.4. The predicted octanol–water partition coefficient (Wildman–Crippen LogP) is 3.80. The number of hydrogen-bond donors (Lipinski definition) is 2. The Morgan fingerprint density at radius 1 is 1.07 bits per heavy atom. The van der Waals surface area contributed by atoms with Gasteiger partial charge in [0.25, 0.3) is 15.9 Å². The summed E-state index contributed by atoms with van der Waals surface area (Å²) in [6, 6.07) is 15.5. The molecule has 2 N–H and O–H groups in total. The van der Waals surface area contributed by atoms with Crippen molar-refractivity contribution >= 4 is 38.9 Å². The van der Waals surface area contributed by atoms with Gasteiger partial charge in [-0.3, -0.25) is 9.52 Å². The van der Waals surface area contributed by atoms with Crippen LogP contribution in [0.25, 0.3) is 0 Å². The smallest absolute Gasteiger partial charge is 0.262 e. The normalized spacial score (nSPS) is 10.9. The summed E-state index contributed by atoms with van der Waals surface area (Å²) in [5, 5.41) is 2.92. The van der Waals surface area contributed by atoms with Gasteiger partial charge in [0.15, 0.2) is 0 Å². The van der Waals surface area contributed by atoms with Gasteiger partial charge in [-0.05, 0) is 42.5 Å². The average molecular weight is 418 g/mol. The summed E-state index contributed by atoms with van der Waals surface area (Å²) in [5.74, 6) is -0.303. The van der Waals surface area contributed by atoms with E-state index in [0.29, 0.717) is 5.69 Å². The number of rotatable bonds is 6. The number of ether oxygens (including phenoxy) is 1. The second kappa shape index (κ2) is 8.28. The Labute approximate surface area is 167 Å². The minimum atomic E-state index is -3.89. The minimum Gasteiger partial charge on any atom is -0.480 e. The van der Waals surface area contributed by atoms with Gasteiger partial charge in [-0.1, -0.05) is 29.8 Å². The molecule has 0 aliphatic rings. The predicted molar refractivity (Wildman–Crippen MR) is 107 cm³/mol. The molecule has 0 spiro atoms. The molecule has 1 heterocycles. The second-order valence-electron chi connectivity index (χ2n) is 5.63. The molecule has 0 bridgehead atoms. The van der Waals surface area contributed by atoms with Crippen molar-refractivity contribution < 1.29 is 17.9 Å². The Balaban J connectivity index is 1.84. The third kappa shape index (κ3) is 4.41. The molecule has 0 aliphatic carbocycles. The fraction of sp³-hybridized carbons (Fsp3) is 0.0526. The third-order valence-electron chi connectivity index (χ3n) is 3.73. The van der Waals surface area contributed by atoms with E-state index in [1.54, 1.807) is 42.5 Å². The van der Waals surface area contributed by atoms with Gasteiger partial charge in [-0.25, -0.2) is 13.4 Å². The number of amides is 1. The van der Waals surface area contributed by atoms with Crippen LogP contribution in [0.2, 0.25) is 5.02 Å². The first-order chi connectivity index (χ1) is 13.4. The standard InChI is InChI=1S/C19H16ClN3O4S/c1-27-19-15(8-5-11-21-19)18(24)22-13-6-4-7-14(12-13)28(25,26)23-17-10-3-2-9-16(17)20/h2-12,23H,1H3,(H,22,24). The first-order valence-corrected chi connectivity index (χ1v) is 9.94. The zero-order valence-electron chi connectivity index (χ0n) is 14.7. The fourth-order valence-electron chi connectivity index (χ4n) is 2.41. The summed E-state index contributed by atoms with van der Waals surface area (Å²) < 4.78 is 32.8. The van der Waals surface area contributed by atoms with E-state index in [1.165, 1.54) is 31.5 Å². The summed E-state index contributed by atoms with van der Waals surface area (Å²) >= 11 is 6.01. The van der Waals surface area contributed by atoms with Gasteiger partial charge in [-0.2, -0.15) is 0 Å². The Morgan fingerprint density at radius 3 is 2.61 bits per heavy atom. The van der Waals surface area contributed by atoms with Crippen molar-refractivity contribution in [2.75, 3.05) is 17.1 Å². The van der Waals surface area contributed by atoms with Crippen molar-refractivity contribution in [3.8, 4) is 5.88 Å². The number of halogens is 1. The van der Waals surface area contributed by atoms with E-state index in [9.17, 15) is 13.2 Å². The number of pyridine rings is 1. The largest absolute Gasteiger partial charge is 0.480 e. The summed E-state index contributed by atoms with van der Waals surface area (Å²) in [7, 11) is -2.48. The van der Waals surface area contributed by atoms with Crippen LogP contribution in [0, 0.1) is 0 Å². The van der Waals surface area contributed by atoms with E-state index in [1.807, 2.05) is 0 Å². The Kier molecular flexibility index (Phi) is 5.81. The maximum absolute atomic E-state index is 12.6. The number of aromatic nitrogens is 1. The zero-order valence-corrected chi connectivity index (χ0v) is 16.3. The monoisotopic (exact) mass is 417 g/mol. The van der Waals surface area contributed by atoms with Gasteiger partial charge < -0.3 is 10.1 Å². The first kappa shape index (κ1) is 19.7. The number of anilines is 2. The molecule has 1 amide bonds. The number of benzene rings is 2. The van der Waals surface area contributed by atoms with Gasteiger partial charge in [0.2, 0.25) is 5.88 Å². The summed E-state index contributed by atoms with van der Waals surface area (Å²) in [6.45, 7) is 0. The first-order valence-electron chi connectivity index (χ1n) is 8.08. The highest BCUT2D eigenvalue weighted by atomic mass is 35.5. The molecular weight excluding hydrogens is 402 g/mol. The van der Waals surface area contributed by atoms with Crippen LogP contribution >= 0.6 is 11.6 Å². The molecule has 3 aromatic rings. The Hall–Kier alpha value is -3.10. The molecule has 2 aromatic carbocycles. The molecule has 0 unspecified atom stereocenters. The number of nitrogens with zero attached hydrogens (tertiary/aromatic N) is 1. The molecule has 144 valence electrons. The van der Waals surface area contributed by atoms with Gasteiger partial charge in [0, 0.05) is 11.9 Å². The minimum absolute atomic E-state index is 0.0247. The van der Waals surface area contributed by atoms with Gasteiger partial charge in [0.05, 0.1) is 22.7 Å².